The molecule has 4 saturated carbocycles. The molecule has 1 N–H and O–H groups in total. The Labute approximate surface area is 210 Å². The summed E-state index contributed by atoms with van der Waals surface area (Å²) in [6, 6.07) is 12.2. The fourth-order valence-electron chi connectivity index (χ4n) is 7.43. The van der Waals surface area contributed by atoms with Crippen LogP contribution in [0.15, 0.2) is 48.0 Å². The van der Waals surface area contributed by atoms with E-state index in [2.05, 4.69) is 17.4 Å². The highest BCUT2D eigenvalue weighted by Gasteiger charge is 2.51. The lowest BCUT2D eigenvalue weighted by atomic mass is 9.48. The first-order valence-electron chi connectivity index (χ1n) is 12.6. The van der Waals surface area contributed by atoms with Crippen LogP contribution in [0.5, 0.6) is 11.5 Å². The summed E-state index contributed by atoms with van der Waals surface area (Å²) in [6.07, 6.45) is 9.28. The second kappa shape index (κ2) is 8.50. The summed E-state index contributed by atoms with van der Waals surface area (Å²) in [5.41, 5.74) is 2.34. The second-order valence-corrected chi connectivity index (χ2v) is 10.8. The van der Waals surface area contributed by atoms with Crippen molar-refractivity contribution in [2.24, 2.45) is 17.8 Å². The number of benzene rings is 2. The largest absolute Gasteiger partial charge is 0.497 e. The van der Waals surface area contributed by atoms with Crippen molar-refractivity contribution >= 4 is 29.6 Å². The number of nitrogens with one attached hydrogen (secondary N) is 1. The van der Waals surface area contributed by atoms with Gasteiger partial charge in [-0.15, -0.1) is 0 Å². The van der Waals surface area contributed by atoms with Crippen LogP contribution in [-0.2, 0) is 15.0 Å². The summed E-state index contributed by atoms with van der Waals surface area (Å²) >= 11 is 0. The van der Waals surface area contributed by atoms with Crippen LogP contribution in [0.3, 0.4) is 0 Å². The highest BCUT2D eigenvalue weighted by atomic mass is 16.5. The molecule has 1 heterocycles. The van der Waals surface area contributed by atoms with Crippen LogP contribution in [0.2, 0.25) is 0 Å². The number of carbonyl (C=O) groups is 3. The van der Waals surface area contributed by atoms with Gasteiger partial charge in [0.25, 0.3) is 11.8 Å². The van der Waals surface area contributed by atoms with E-state index in [1.165, 1.54) is 64.4 Å². The predicted octanol–water partition coefficient (Wildman–Crippen LogP) is 4.84. The lowest BCUT2D eigenvalue weighted by molar-refractivity contribution is -0.122. The Morgan fingerprint density at radius 3 is 2.11 bits per heavy atom. The van der Waals surface area contributed by atoms with Crippen molar-refractivity contribution in [1.29, 1.82) is 0 Å². The molecule has 4 aliphatic carbocycles. The zero-order valence-electron chi connectivity index (χ0n) is 20.6. The van der Waals surface area contributed by atoms with E-state index in [-0.39, 0.29) is 11.0 Å². The minimum Gasteiger partial charge on any atom is -0.497 e. The van der Waals surface area contributed by atoms with E-state index in [1.54, 1.807) is 18.2 Å². The maximum atomic E-state index is 13.4. The molecule has 4 amide bonds. The number of nitrogens with zero attached hydrogens (tertiary/aromatic N) is 1. The fourth-order valence-corrected chi connectivity index (χ4v) is 7.43. The summed E-state index contributed by atoms with van der Waals surface area (Å²) in [6.45, 7) is 0. The summed E-state index contributed by atoms with van der Waals surface area (Å²) in [4.78, 5) is 39.8. The SMILES string of the molecule is COc1ccc(OC)c(/C=C2\C(=O)NC(=O)N(c3ccc(C45CC6CC(CC(C6)C4)C5)cc3)C2=O)c1. The number of urea groups is 1. The van der Waals surface area contributed by atoms with Gasteiger partial charge in [0.15, 0.2) is 0 Å². The van der Waals surface area contributed by atoms with Crippen molar-refractivity contribution < 1.29 is 23.9 Å². The Bertz CT molecular complexity index is 1240. The molecule has 1 aliphatic heterocycles. The van der Waals surface area contributed by atoms with E-state index >= 15 is 0 Å². The van der Waals surface area contributed by atoms with Crippen LogP contribution < -0.4 is 19.7 Å². The molecule has 7 rings (SSSR count). The minimum atomic E-state index is -0.748. The number of ether oxygens (including phenoxy) is 2. The number of carbonyl (C=O) groups excluding carboxylic acids is 3. The quantitative estimate of drug-likeness (QED) is 0.483. The second-order valence-electron chi connectivity index (χ2n) is 10.8. The Kier molecular flexibility index (Phi) is 5.39. The molecule has 0 unspecified atom stereocenters. The van der Waals surface area contributed by atoms with E-state index < -0.39 is 17.8 Å². The van der Waals surface area contributed by atoms with E-state index in [0.717, 1.165) is 22.7 Å². The van der Waals surface area contributed by atoms with E-state index in [4.69, 9.17) is 9.47 Å². The molecule has 0 radical (unpaired) electrons. The lowest BCUT2D eigenvalue weighted by Crippen LogP contribution is -2.54. The smallest absolute Gasteiger partial charge is 0.335 e. The molecular weight excluding hydrogens is 456 g/mol. The maximum Gasteiger partial charge on any atom is 0.335 e. The standard InChI is InChI=1S/C29H30N2O5/c1-35-23-7-8-25(36-2)20(12-23)13-24-26(32)30-28(34)31(27(24)33)22-5-3-21(4-6-22)29-14-17-9-18(15-29)11-19(10-17)16-29/h3-8,12-13,17-19H,9-11,14-16H2,1-2H3,(H,30,32,34)/b24-13+. The lowest BCUT2D eigenvalue weighted by Gasteiger charge is -2.57. The van der Waals surface area contributed by atoms with Gasteiger partial charge in [0.05, 0.1) is 19.9 Å². The Morgan fingerprint density at radius 1 is 0.889 bits per heavy atom. The van der Waals surface area contributed by atoms with Gasteiger partial charge in [-0.25, -0.2) is 9.69 Å². The Hall–Kier alpha value is -3.61. The number of amides is 4. The van der Waals surface area contributed by atoms with Crippen LogP contribution in [0.25, 0.3) is 6.08 Å². The molecule has 7 nitrogen and oxygen atoms in total. The summed E-state index contributed by atoms with van der Waals surface area (Å²) in [7, 11) is 3.04. The predicted molar refractivity (Wildman–Crippen MR) is 135 cm³/mol. The number of methoxy groups -OCH3 is 2. The van der Waals surface area contributed by atoms with Gasteiger partial charge in [0, 0.05) is 5.56 Å². The van der Waals surface area contributed by atoms with Crippen LogP contribution >= 0.6 is 0 Å². The van der Waals surface area contributed by atoms with Crippen LogP contribution in [-0.4, -0.2) is 32.1 Å². The molecule has 1 saturated heterocycles. The van der Waals surface area contributed by atoms with E-state index in [0.29, 0.717) is 22.7 Å². The van der Waals surface area contributed by atoms with Gasteiger partial charge in [-0.1, -0.05) is 12.1 Å². The monoisotopic (exact) mass is 486 g/mol. The Balaban J connectivity index is 1.31. The molecule has 0 aromatic heterocycles. The molecule has 186 valence electrons. The third-order valence-electron chi connectivity index (χ3n) is 8.61. The summed E-state index contributed by atoms with van der Waals surface area (Å²) in [5, 5.41) is 2.30. The third kappa shape index (κ3) is 3.69. The van der Waals surface area contributed by atoms with E-state index in [9.17, 15) is 14.4 Å². The molecule has 7 heteroatoms. The first kappa shape index (κ1) is 22.8. The zero-order chi connectivity index (χ0) is 25.0. The number of hydrogen-bond donors (Lipinski definition) is 1. The first-order chi connectivity index (χ1) is 17.4. The molecule has 5 aliphatic rings. The van der Waals surface area contributed by atoms with Crippen LogP contribution in [0.4, 0.5) is 10.5 Å². The number of barbiturate groups is 1. The highest BCUT2D eigenvalue weighted by Crippen LogP contribution is 2.60. The minimum absolute atomic E-state index is 0.147. The number of rotatable bonds is 5. The van der Waals surface area contributed by atoms with Gasteiger partial charge in [-0.3, -0.25) is 14.9 Å². The van der Waals surface area contributed by atoms with Gasteiger partial charge in [-0.05, 0) is 104 Å². The van der Waals surface area contributed by atoms with Crippen molar-refractivity contribution in [3.63, 3.8) is 0 Å². The van der Waals surface area contributed by atoms with Crippen molar-refractivity contribution in [1.82, 2.24) is 5.32 Å². The number of imide groups is 2. The molecule has 2 aromatic carbocycles. The van der Waals surface area contributed by atoms with Gasteiger partial charge < -0.3 is 9.47 Å². The van der Waals surface area contributed by atoms with Crippen LogP contribution in [0, 0.1) is 17.8 Å². The van der Waals surface area contributed by atoms with Crippen molar-refractivity contribution in [2.45, 2.75) is 43.9 Å². The fraction of sp³-hybridized carbons (Fsp3) is 0.414. The van der Waals surface area contributed by atoms with Gasteiger partial charge in [0.1, 0.15) is 17.1 Å². The van der Waals surface area contributed by atoms with Crippen LogP contribution in [0.1, 0.15) is 49.7 Å². The number of anilines is 1. The molecule has 2 aromatic rings. The average Bonchev–Trinajstić information content (AvgIpc) is 2.86. The molecule has 36 heavy (non-hydrogen) atoms. The van der Waals surface area contributed by atoms with Crippen molar-refractivity contribution in [3.05, 3.63) is 59.2 Å². The van der Waals surface area contributed by atoms with E-state index in [1.807, 2.05) is 12.1 Å². The normalized spacial score (nSPS) is 30.1. The van der Waals surface area contributed by atoms with Crippen molar-refractivity contribution in [2.75, 3.05) is 19.1 Å². The first-order valence-corrected chi connectivity index (χ1v) is 12.6. The molecule has 5 fully saturated rings. The zero-order valence-corrected chi connectivity index (χ0v) is 20.6. The average molecular weight is 487 g/mol. The number of hydrogen-bond acceptors (Lipinski definition) is 5. The molecule has 0 atom stereocenters. The third-order valence-corrected chi connectivity index (χ3v) is 8.61. The topological polar surface area (TPSA) is 84.9 Å². The summed E-state index contributed by atoms with van der Waals surface area (Å²) in [5.74, 6) is 2.12. The van der Waals surface area contributed by atoms with Gasteiger partial charge >= 0.3 is 6.03 Å². The summed E-state index contributed by atoms with van der Waals surface area (Å²) < 4.78 is 10.6. The van der Waals surface area contributed by atoms with Gasteiger partial charge in [0.2, 0.25) is 0 Å². The Morgan fingerprint density at radius 2 is 1.53 bits per heavy atom. The van der Waals surface area contributed by atoms with Gasteiger partial charge in [-0.2, -0.15) is 0 Å². The highest BCUT2D eigenvalue weighted by molar-refractivity contribution is 6.39. The molecule has 4 bridgehead atoms. The molecule has 0 spiro atoms. The molecular formula is C29H30N2O5. The van der Waals surface area contributed by atoms with Crippen molar-refractivity contribution in [3.8, 4) is 11.5 Å². The maximum absolute atomic E-state index is 13.4.